The first-order chi connectivity index (χ1) is 12.4. The van der Waals surface area contributed by atoms with Crippen molar-refractivity contribution in [3.8, 4) is 0 Å². The van der Waals surface area contributed by atoms with Crippen molar-refractivity contribution in [2.75, 3.05) is 49.1 Å². The highest BCUT2D eigenvalue weighted by Crippen LogP contribution is 2.32. The van der Waals surface area contributed by atoms with E-state index in [-0.39, 0.29) is 11.6 Å². The van der Waals surface area contributed by atoms with Crippen LogP contribution in [0.2, 0.25) is 0 Å². The van der Waals surface area contributed by atoms with Gasteiger partial charge in [-0.2, -0.15) is 0 Å². The monoisotopic (exact) mass is 378 g/mol. The van der Waals surface area contributed by atoms with Crippen LogP contribution in [-0.4, -0.2) is 76.9 Å². The summed E-state index contributed by atoms with van der Waals surface area (Å²) < 4.78 is 0. The van der Waals surface area contributed by atoms with Crippen molar-refractivity contribution < 1.29 is 4.79 Å². The Kier molecular flexibility index (Phi) is 4.81. The fourth-order valence-electron chi connectivity index (χ4n) is 4.33. The quantitative estimate of drug-likeness (QED) is 0.809. The molecular formula is C18H30N6OS. The minimum absolute atomic E-state index is 0.0475. The summed E-state index contributed by atoms with van der Waals surface area (Å²) in [6.45, 7) is 11.9. The summed E-state index contributed by atoms with van der Waals surface area (Å²) in [5.74, 6) is 0. The highest BCUT2D eigenvalue weighted by molar-refractivity contribution is 7.19. The molecule has 8 heteroatoms. The number of piperazine rings is 1. The second-order valence-electron chi connectivity index (χ2n) is 8.59. The maximum absolute atomic E-state index is 12.7. The molecule has 144 valence electrons. The predicted octanol–water partition coefficient (Wildman–Crippen LogP) is 2.64. The van der Waals surface area contributed by atoms with Crippen LogP contribution >= 0.6 is 11.3 Å². The van der Waals surface area contributed by atoms with Gasteiger partial charge in [-0.25, -0.2) is 4.79 Å². The fraction of sp³-hybridized carbons (Fsp3) is 0.833. The molecule has 3 fully saturated rings. The molecule has 0 aromatic carbocycles. The van der Waals surface area contributed by atoms with Crippen molar-refractivity contribution in [1.29, 1.82) is 0 Å². The van der Waals surface area contributed by atoms with Gasteiger partial charge in [-0.05, 0) is 33.6 Å². The molecule has 1 aromatic rings. The first-order valence-corrected chi connectivity index (χ1v) is 10.7. The maximum Gasteiger partial charge on any atom is 0.326 e. The van der Waals surface area contributed by atoms with Crippen LogP contribution in [0.1, 0.15) is 46.5 Å². The van der Waals surface area contributed by atoms with Gasteiger partial charge in [-0.3, -0.25) is 9.80 Å². The fourth-order valence-corrected chi connectivity index (χ4v) is 5.25. The number of amides is 2. The van der Waals surface area contributed by atoms with Crippen LogP contribution in [0.4, 0.5) is 15.1 Å². The van der Waals surface area contributed by atoms with Gasteiger partial charge in [0.2, 0.25) is 10.3 Å². The van der Waals surface area contributed by atoms with Gasteiger partial charge in [0.15, 0.2) is 0 Å². The van der Waals surface area contributed by atoms with Crippen molar-refractivity contribution >= 4 is 27.6 Å². The maximum atomic E-state index is 12.7. The molecule has 0 bridgehead atoms. The number of anilines is 2. The molecule has 2 aliphatic heterocycles. The zero-order chi connectivity index (χ0) is 18.3. The third kappa shape index (κ3) is 3.41. The van der Waals surface area contributed by atoms with E-state index in [0.29, 0.717) is 6.54 Å². The molecule has 4 rings (SSSR count). The Bertz CT molecular complexity index is 642. The minimum Gasteiger partial charge on any atom is -0.344 e. The molecule has 0 radical (unpaired) electrons. The van der Waals surface area contributed by atoms with E-state index < -0.39 is 0 Å². The zero-order valence-corrected chi connectivity index (χ0v) is 17.0. The summed E-state index contributed by atoms with van der Waals surface area (Å²) in [6, 6.07) is 0.846. The van der Waals surface area contributed by atoms with Gasteiger partial charge >= 0.3 is 6.03 Å². The summed E-state index contributed by atoms with van der Waals surface area (Å²) in [6.07, 6.45) is 5.51. The number of hydrogen-bond acceptors (Lipinski definition) is 6. The number of nitrogens with zero attached hydrogens (tertiary/aromatic N) is 6. The number of aromatic nitrogens is 2. The topological polar surface area (TPSA) is 55.8 Å². The molecular weight excluding hydrogens is 348 g/mol. The number of rotatable bonds is 3. The van der Waals surface area contributed by atoms with E-state index in [0.717, 1.165) is 49.0 Å². The summed E-state index contributed by atoms with van der Waals surface area (Å²) >= 11 is 1.55. The Morgan fingerprint density at radius 3 is 2.19 bits per heavy atom. The Hall–Kier alpha value is -1.41. The lowest BCUT2D eigenvalue weighted by Gasteiger charge is -2.37. The van der Waals surface area contributed by atoms with E-state index >= 15 is 0 Å². The van der Waals surface area contributed by atoms with E-state index in [1.54, 1.807) is 16.2 Å². The third-order valence-electron chi connectivity index (χ3n) is 5.88. The Balaban J connectivity index is 1.37. The van der Waals surface area contributed by atoms with Crippen molar-refractivity contribution in [1.82, 2.24) is 20.0 Å². The average Bonchev–Trinajstić information content (AvgIpc) is 3.34. The van der Waals surface area contributed by atoms with Crippen LogP contribution in [0.3, 0.4) is 0 Å². The molecule has 2 saturated heterocycles. The van der Waals surface area contributed by atoms with Gasteiger partial charge in [-0.1, -0.05) is 24.2 Å². The smallest absolute Gasteiger partial charge is 0.326 e. The molecule has 0 atom stereocenters. The number of carbonyl (C=O) groups is 1. The van der Waals surface area contributed by atoms with Gasteiger partial charge in [0.1, 0.15) is 0 Å². The van der Waals surface area contributed by atoms with Crippen LogP contribution in [0.15, 0.2) is 0 Å². The Morgan fingerprint density at radius 2 is 1.58 bits per heavy atom. The van der Waals surface area contributed by atoms with E-state index in [2.05, 4.69) is 40.8 Å². The van der Waals surface area contributed by atoms with Crippen LogP contribution in [0.25, 0.3) is 0 Å². The molecule has 0 unspecified atom stereocenters. The molecule has 1 aliphatic carbocycles. The Labute approximate surface area is 160 Å². The molecule has 3 aliphatic rings. The van der Waals surface area contributed by atoms with Crippen molar-refractivity contribution in [2.24, 2.45) is 0 Å². The number of urea groups is 1. The van der Waals surface area contributed by atoms with Gasteiger partial charge in [-0.15, -0.1) is 10.2 Å². The van der Waals surface area contributed by atoms with Crippen molar-refractivity contribution in [3.05, 3.63) is 0 Å². The molecule has 1 aromatic heterocycles. The molecule has 1 saturated carbocycles. The van der Waals surface area contributed by atoms with Crippen LogP contribution in [0.5, 0.6) is 0 Å². The molecule has 0 spiro atoms. The first-order valence-electron chi connectivity index (χ1n) is 9.85. The third-order valence-corrected chi connectivity index (χ3v) is 6.89. The van der Waals surface area contributed by atoms with Crippen molar-refractivity contribution in [3.63, 3.8) is 0 Å². The second-order valence-corrected chi connectivity index (χ2v) is 9.52. The van der Waals surface area contributed by atoms with Crippen molar-refractivity contribution in [2.45, 2.75) is 58.0 Å². The average molecular weight is 379 g/mol. The summed E-state index contributed by atoms with van der Waals surface area (Å²) in [7, 11) is 0. The summed E-state index contributed by atoms with van der Waals surface area (Å²) in [5.41, 5.74) is -0.157. The standard InChI is InChI=1S/C18H30N6OS/c1-18(2,3)24-13-12-23(17(24)25)16-20-19-15(26-16)22-10-8-21(9-11-22)14-6-4-5-7-14/h14H,4-13H2,1-3H3. The lowest BCUT2D eigenvalue weighted by atomic mass is 10.1. The minimum atomic E-state index is -0.157. The lowest BCUT2D eigenvalue weighted by Crippen LogP contribution is -2.49. The first kappa shape index (κ1) is 18.0. The highest BCUT2D eigenvalue weighted by atomic mass is 32.1. The van der Waals surface area contributed by atoms with E-state index in [9.17, 15) is 4.79 Å². The molecule has 26 heavy (non-hydrogen) atoms. The Morgan fingerprint density at radius 1 is 0.923 bits per heavy atom. The molecule has 2 amide bonds. The largest absolute Gasteiger partial charge is 0.344 e. The number of hydrogen-bond donors (Lipinski definition) is 0. The predicted molar refractivity (Wildman–Crippen MR) is 105 cm³/mol. The zero-order valence-electron chi connectivity index (χ0n) is 16.1. The van der Waals surface area contributed by atoms with Crippen LogP contribution in [0, 0.1) is 0 Å². The highest BCUT2D eigenvalue weighted by Gasteiger charge is 2.38. The summed E-state index contributed by atoms with van der Waals surface area (Å²) in [4.78, 5) is 21.4. The van der Waals surface area contributed by atoms with E-state index in [1.807, 2.05) is 4.90 Å². The second kappa shape index (κ2) is 6.96. The van der Waals surface area contributed by atoms with Crippen LogP contribution in [-0.2, 0) is 0 Å². The van der Waals surface area contributed by atoms with E-state index in [1.165, 1.54) is 25.7 Å². The van der Waals surface area contributed by atoms with Crippen LogP contribution < -0.4 is 9.80 Å². The normalized spacial score (nSPS) is 23.5. The van der Waals surface area contributed by atoms with E-state index in [4.69, 9.17) is 0 Å². The van der Waals surface area contributed by atoms with Gasteiger partial charge in [0, 0.05) is 50.8 Å². The summed E-state index contributed by atoms with van der Waals surface area (Å²) in [5, 5.41) is 10.4. The molecule has 0 N–H and O–H groups in total. The molecule has 7 nitrogen and oxygen atoms in total. The van der Waals surface area contributed by atoms with Gasteiger partial charge < -0.3 is 9.80 Å². The van der Waals surface area contributed by atoms with Gasteiger partial charge in [0.05, 0.1) is 0 Å². The number of carbonyl (C=O) groups excluding carboxylic acids is 1. The molecule has 3 heterocycles. The SMILES string of the molecule is CC(C)(C)N1CCN(c2nnc(N3CCN(C4CCCC4)CC3)s2)C1=O. The lowest BCUT2D eigenvalue weighted by molar-refractivity contribution is 0.173. The van der Waals surface area contributed by atoms with Gasteiger partial charge in [0.25, 0.3) is 0 Å².